The van der Waals surface area contributed by atoms with Gasteiger partial charge < -0.3 is 14.8 Å². The zero-order chi connectivity index (χ0) is 22.9. The molecule has 3 rings (SSSR count). The summed E-state index contributed by atoms with van der Waals surface area (Å²) in [6.07, 6.45) is 1.76. The van der Waals surface area contributed by atoms with E-state index in [-0.39, 0.29) is 30.3 Å². The third-order valence-electron chi connectivity index (χ3n) is 4.83. The largest absolute Gasteiger partial charge is 0.494 e. The number of amides is 1. The van der Waals surface area contributed by atoms with Crippen molar-refractivity contribution in [3.8, 4) is 16.9 Å². The predicted octanol–water partition coefficient (Wildman–Crippen LogP) is 6.09. The van der Waals surface area contributed by atoms with E-state index in [1.165, 1.54) is 29.0 Å². The van der Waals surface area contributed by atoms with Gasteiger partial charge in [0.15, 0.2) is 0 Å². The second kappa shape index (κ2) is 11.4. The Hall–Kier alpha value is -3.19. The molecule has 168 valence electrons. The smallest absolute Gasteiger partial charge is 0.341 e. The molecule has 1 heterocycles. The molecule has 0 spiro atoms. The minimum absolute atomic E-state index is 0.210. The highest BCUT2D eigenvalue weighted by atomic mass is 32.1. The van der Waals surface area contributed by atoms with Crippen molar-refractivity contribution in [2.45, 2.75) is 33.1 Å². The number of carbonyl (C=O) groups is 2. The van der Waals surface area contributed by atoms with E-state index < -0.39 is 5.97 Å². The van der Waals surface area contributed by atoms with Crippen LogP contribution in [0.1, 0.15) is 42.6 Å². The number of anilines is 1. The number of ether oxygens (including phenoxy) is 2. The summed E-state index contributed by atoms with van der Waals surface area (Å²) < 4.78 is 24.2. The van der Waals surface area contributed by atoms with Crippen LogP contribution in [0.4, 0.5) is 9.39 Å². The van der Waals surface area contributed by atoms with Crippen molar-refractivity contribution in [3.63, 3.8) is 0 Å². The number of esters is 1. The van der Waals surface area contributed by atoms with Crippen molar-refractivity contribution in [1.29, 1.82) is 0 Å². The van der Waals surface area contributed by atoms with E-state index in [9.17, 15) is 14.0 Å². The molecule has 0 radical (unpaired) electrons. The number of halogens is 1. The van der Waals surface area contributed by atoms with Crippen LogP contribution in [0.5, 0.6) is 5.75 Å². The molecular formula is C25H26FNO4S. The van der Waals surface area contributed by atoms with Crippen molar-refractivity contribution in [1.82, 2.24) is 0 Å². The van der Waals surface area contributed by atoms with Gasteiger partial charge >= 0.3 is 5.97 Å². The third-order valence-corrected chi connectivity index (χ3v) is 5.72. The van der Waals surface area contributed by atoms with Gasteiger partial charge in [-0.3, -0.25) is 4.79 Å². The van der Waals surface area contributed by atoms with Crippen molar-refractivity contribution < 1.29 is 23.5 Å². The summed E-state index contributed by atoms with van der Waals surface area (Å²) in [7, 11) is 0. The number of benzene rings is 2. The second-order valence-corrected chi connectivity index (χ2v) is 7.96. The first-order chi connectivity index (χ1) is 15.5. The molecular weight excluding hydrogens is 429 g/mol. The molecule has 0 bridgehead atoms. The van der Waals surface area contributed by atoms with Gasteiger partial charge in [0.25, 0.3) is 0 Å². The number of nitrogens with one attached hydrogen (secondary N) is 1. The fourth-order valence-corrected chi connectivity index (χ4v) is 4.10. The van der Waals surface area contributed by atoms with E-state index >= 15 is 0 Å². The Morgan fingerprint density at radius 2 is 1.75 bits per heavy atom. The van der Waals surface area contributed by atoms with Crippen molar-refractivity contribution in [2.24, 2.45) is 0 Å². The van der Waals surface area contributed by atoms with Crippen molar-refractivity contribution in [2.75, 3.05) is 18.5 Å². The Morgan fingerprint density at radius 1 is 1.03 bits per heavy atom. The normalized spacial score (nSPS) is 10.6. The molecule has 5 nitrogen and oxygen atoms in total. The molecule has 1 amide bonds. The number of aryl methyl sites for hydroxylation is 1. The Balaban J connectivity index is 1.61. The summed E-state index contributed by atoms with van der Waals surface area (Å²) in [5.74, 6) is -0.330. The first kappa shape index (κ1) is 23.5. The van der Waals surface area contributed by atoms with Crippen LogP contribution in [-0.4, -0.2) is 25.1 Å². The lowest BCUT2D eigenvalue weighted by atomic mass is 10.0. The lowest BCUT2D eigenvalue weighted by Crippen LogP contribution is -2.15. The van der Waals surface area contributed by atoms with E-state index in [2.05, 4.69) is 12.2 Å². The van der Waals surface area contributed by atoms with E-state index in [0.29, 0.717) is 29.2 Å². The number of rotatable bonds is 10. The summed E-state index contributed by atoms with van der Waals surface area (Å²) in [6.45, 7) is 4.43. The fourth-order valence-electron chi connectivity index (χ4n) is 3.13. The van der Waals surface area contributed by atoms with Crippen LogP contribution in [0.15, 0.2) is 53.9 Å². The van der Waals surface area contributed by atoms with E-state index in [1.54, 1.807) is 24.4 Å². The molecule has 32 heavy (non-hydrogen) atoms. The molecule has 0 saturated heterocycles. The molecule has 0 aliphatic rings. The monoisotopic (exact) mass is 455 g/mol. The van der Waals surface area contributed by atoms with Gasteiger partial charge in [-0.15, -0.1) is 11.3 Å². The van der Waals surface area contributed by atoms with Gasteiger partial charge in [-0.05, 0) is 55.2 Å². The van der Waals surface area contributed by atoms with E-state index in [4.69, 9.17) is 9.47 Å². The maximum Gasteiger partial charge on any atom is 0.341 e. The summed E-state index contributed by atoms with van der Waals surface area (Å²) in [6, 6.07) is 13.7. The topological polar surface area (TPSA) is 64.6 Å². The Bertz CT molecular complexity index is 1040. The minimum atomic E-state index is -0.526. The summed E-state index contributed by atoms with van der Waals surface area (Å²) in [4.78, 5) is 25.0. The lowest BCUT2D eigenvalue weighted by Gasteiger charge is -2.09. The SMILES string of the molecule is CCOC(=O)c1c(-c2ccc(F)cc2)csc1NC(=O)CCCOc1ccc(CC)cc1. The van der Waals surface area contributed by atoms with Crippen LogP contribution in [0.3, 0.4) is 0 Å². The van der Waals surface area contributed by atoms with Gasteiger partial charge in [0, 0.05) is 17.4 Å². The second-order valence-electron chi connectivity index (χ2n) is 7.08. The highest BCUT2D eigenvalue weighted by Gasteiger charge is 2.22. The number of carbonyl (C=O) groups excluding carboxylic acids is 2. The summed E-state index contributed by atoms with van der Waals surface area (Å²) >= 11 is 1.24. The maximum atomic E-state index is 13.3. The van der Waals surface area contributed by atoms with Gasteiger partial charge in [-0.1, -0.05) is 31.2 Å². The van der Waals surface area contributed by atoms with Gasteiger partial charge in [0.05, 0.1) is 13.2 Å². The Kier molecular flexibility index (Phi) is 8.39. The molecule has 0 unspecified atom stereocenters. The highest BCUT2D eigenvalue weighted by Crippen LogP contribution is 2.36. The van der Waals surface area contributed by atoms with Crippen LogP contribution in [-0.2, 0) is 16.0 Å². The molecule has 3 aromatic rings. The third kappa shape index (κ3) is 6.17. The standard InChI is InChI=1S/C25H26FNO4S/c1-3-17-7-13-20(14-8-17)31-15-5-6-22(28)27-24-23(25(29)30-4-2)21(16-32-24)18-9-11-19(26)12-10-18/h7-14,16H,3-6,15H2,1-2H3,(H,27,28). The Morgan fingerprint density at radius 3 is 2.41 bits per heavy atom. The van der Waals surface area contributed by atoms with Crippen LogP contribution >= 0.6 is 11.3 Å². The Labute approximate surface area is 191 Å². The van der Waals surface area contributed by atoms with Crippen LogP contribution in [0.25, 0.3) is 11.1 Å². The number of hydrogen-bond donors (Lipinski definition) is 1. The van der Waals surface area contributed by atoms with Crippen molar-refractivity contribution in [3.05, 3.63) is 70.9 Å². The van der Waals surface area contributed by atoms with Gasteiger partial charge in [-0.2, -0.15) is 0 Å². The van der Waals surface area contributed by atoms with Gasteiger partial charge in [0.2, 0.25) is 5.91 Å². The van der Waals surface area contributed by atoms with E-state index in [1.807, 2.05) is 24.3 Å². The lowest BCUT2D eigenvalue weighted by molar-refractivity contribution is -0.116. The molecule has 0 atom stereocenters. The number of hydrogen-bond acceptors (Lipinski definition) is 5. The molecule has 0 fully saturated rings. The summed E-state index contributed by atoms with van der Waals surface area (Å²) in [5, 5.41) is 5.00. The zero-order valence-electron chi connectivity index (χ0n) is 18.2. The first-order valence-electron chi connectivity index (χ1n) is 10.6. The zero-order valence-corrected chi connectivity index (χ0v) is 19.0. The fraction of sp³-hybridized carbons (Fsp3) is 0.280. The first-order valence-corrected chi connectivity index (χ1v) is 11.5. The van der Waals surface area contributed by atoms with E-state index in [0.717, 1.165) is 12.2 Å². The van der Waals surface area contributed by atoms with Gasteiger partial charge in [-0.25, -0.2) is 9.18 Å². The summed E-state index contributed by atoms with van der Waals surface area (Å²) in [5.41, 5.74) is 2.80. The predicted molar refractivity (Wildman–Crippen MR) is 125 cm³/mol. The average Bonchev–Trinajstić information content (AvgIpc) is 3.21. The molecule has 0 aliphatic carbocycles. The van der Waals surface area contributed by atoms with Crippen LogP contribution in [0.2, 0.25) is 0 Å². The number of thiophene rings is 1. The minimum Gasteiger partial charge on any atom is -0.494 e. The van der Waals surface area contributed by atoms with Crippen LogP contribution < -0.4 is 10.1 Å². The molecule has 0 saturated carbocycles. The van der Waals surface area contributed by atoms with Crippen LogP contribution in [0, 0.1) is 5.82 Å². The van der Waals surface area contributed by atoms with Gasteiger partial charge in [0.1, 0.15) is 22.1 Å². The molecule has 0 aliphatic heterocycles. The molecule has 1 N–H and O–H groups in total. The molecule has 7 heteroatoms. The van der Waals surface area contributed by atoms with Crippen molar-refractivity contribution >= 4 is 28.2 Å². The molecule has 1 aromatic heterocycles. The average molecular weight is 456 g/mol. The quantitative estimate of drug-likeness (QED) is 0.297. The highest BCUT2D eigenvalue weighted by molar-refractivity contribution is 7.15. The molecule has 2 aromatic carbocycles. The maximum absolute atomic E-state index is 13.3.